The largest absolute Gasteiger partial charge is 0.461 e. The smallest absolute Gasteiger partial charge is 0.357 e. The van der Waals surface area contributed by atoms with E-state index < -0.39 is 0 Å². The Hall–Kier alpha value is -1.58. The zero-order chi connectivity index (χ0) is 13.0. The second kappa shape index (κ2) is 5.85. The molecule has 0 amide bonds. The standard InChI is InChI=1S/C14H20N2O2/c1-10(2)15-13-5-3-4-12(16-13)14(17)18-9-8-11-6-7-11/h3-5,10-11H,6-9H2,1-2H3,(H,15,16). The number of carbonyl (C=O) groups is 1. The van der Waals surface area contributed by atoms with Crippen LogP contribution in [-0.2, 0) is 4.74 Å². The van der Waals surface area contributed by atoms with Gasteiger partial charge in [0.2, 0.25) is 0 Å². The maximum absolute atomic E-state index is 11.8. The zero-order valence-electron chi connectivity index (χ0n) is 11.0. The number of carbonyl (C=O) groups excluding carboxylic acids is 1. The highest BCUT2D eigenvalue weighted by Gasteiger charge is 2.21. The van der Waals surface area contributed by atoms with Crippen LogP contribution in [0.3, 0.4) is 0 Å². The molecule has 1 fully saturated rings. The fourth-order valence-corrected chi connectivity index (χ4v) is 1.72. The van der Waals surface area contributed by atoms with Crippen LogP contribution in [0, 0.1) is 5.92 Å². The van der Waals surface area contributed by atoms with Gasteiger partial charge in [-0.2, -0.15) is 0 Å². The van der Waals surface area contributed by atoms with Gasteiger partial charge in [0.25, 0.3) is 0 Å². The summed E-state index contributed by atoms with van der Waals surface area (Å²) in [5, 5.41) is 3.17. The van der Waals surface area contributed by atoms with Crippen LogP contribution in [0.5, 0.6) is 0 Å². The zero-order valence-corrected chi connectivity index (χ0v) is 11.0. The van der Waals surface area contributed by atoms with Crippen LogP contribution in [0.25, 0.3) is 0 Å². The van der Waals surface area contributed by atoms with Gasteiger partial charge in [-0.3, -0.25) is 0 Å². The lowest BCUT2D eigenvalue weighted by Gasteiger charge is -2.10. The average molecular weight is 248 g/mol. The van der Waals surface area contributed by atoms with Crippen molar-refractivity contribution in [3.63, 3.8) is 0 Å². The highest BCUT2D eigenvalue weighted by atomic mass is 16.5. The van der Waals surface area contributed by atoms with Crippen molar-refractivity contribution in [2.45, 2.75) is 39.2 Å². The second-order valence-electron chi connectivity index (χ2n) is 5.08. The first-order chi connectivity index (χ1) is 8.65. The summed E-state index contributed by atoms with van der Waals surface area (Å²) in [6.07, 6.45) is 3.54. The topological polar surface area (TPSA) is 51.2 Å². The van der Waals surface area contributed by atoms with Gasteiger partial charge in [-0.15, -0.1) is 0 Å². The number of rotatable bonds is 6. The lowest BCUT2D eigenvalue weighted by Crippen LogP contribution is -2.14. The first-order valence-corrected chi connectivity index (χ1v) is 6.56. The molecule has 0 aromatic carbocycles. The number of hydrogen-bond acceptors (Lipinski definition) is 4. The third-order valence-corrected chi connectivity index (χ3v) is 2.85. The molecule has 1 N–H and O–H groups in total. The van der Waals surface area contributed by atoms with Gasteiger partial charge in [0.15, 0.2) is 5.69 Å². The van der Waals surface area contributed by atoms with Gasteiger partial charge >= 0.3 is 5.97 Å². The fraction of sp³-hybridized carbons (Fsp3) is 0.571. The molecule has 0 atom stereocenters. The van der Waals surface area contributed by atoms with Gasteiger partial charge in [0, 0.05) is 6.04 Å². The molecule has 0 unspecified atom stereocenters. The summed E-state index contributed by atoms with van der Waals surface area (Å²) in [6, 6.07) is 5.64. The third kappa shape index (κ3) is 4.02. The number of ether oxygens (including phenoxy) is 1. The molecule has 18 heavy (non-hydrogen) atoms. The van der Waals surface area contributed by atoms with E-state index in [-0.39, 0.29) is 5.97 Å². The molecule has 1 heterocycles. The van der Waals surface area contributed by atoms with Gasteiger partial charge in [-0.05, 0) is 38.3 Å². The highest BCUT2D eigenvalue weighted by molar-refractivity contribution is 5.87. The van der Waals surface area contributed by atoms with Crippen molar-refractivity contribution >= 4 is 11.8 Å². The van der Waals surface area contributed by atoms with Crippen LogP contribution < -0.4 is 5.32 Å². The minimum absolute atomic E-state index is 0.290. The first-order valence-electron chi connectivity index (χ1n) is 6.56. The summed E-state index contributed by atoms with van der Waals surface area (Å²) in [7, 11) is 0. The van der Waals surface area contributed by atoms with E-state index in [2.05, 4.69) is 10.3 Å². The molecule has 0 radical (unpaired) electrons. The van der Waals surface area contributed by atoms with Crippen LogP contribution >= 0.6 is 0 Å². The Morgan fingerprint density at radius 1 is 1.50 bits per heavy atom. The lowest BCUT2D eigenvalue weighted by atomic mass is 10.3. The molecule has 4 nitrogen and oxygen atoms in total. The first kappa shape index (κ1) is 12.9. The summed E-state index contributed by atoms with van der Waals surface area (Å²) in [4.78, 5) is 16.0. The lowest BCUT2D eigenvalue weighted by molar-refractivity contribution is 0.0488. The number of pyridine rings is 1. The maximum Gasteiger partial charge on any atom is 0.357 e. The van der Waals surface area contributed by atoms with Gasteiger partial charge in [0.1, 0.15) is 5.82 Å². The van der Waals surface area contributed by atoms with E-state index in [0.717, 1.165) is 12.3 Å². The van der Waals surface area contributed by atoms with Crippen molar-refractivity contribution in [2.75, 3.05) is 11.9 Å². The molecule has 0 aliphatic heterocycles. The van der Waals surface area contributed by atoms with E-state index in [1.807, 2.05) is 26.0 Å². The molecule has 4 heteroatoms. The Kier molecular flexibility index (Phi) is 4.18. The maximum atomic E-state index is 11.8. The minimum atomic E-state index is -0.331. The van der Waals surface area contributed by atoms with Crippen LogP contribution in [0.1, 0.15) is 43.6 Å². The molecular formula is C14H20N2O2. The molecule has 1 aliphatic carbocycles. The van der Waals surface area contributed by atoms with Gasteiger partial charge in [0.05, 0.1) is 6.61 Å². The van der Waals surface area contributed by atoms with E-state index >= 15 is 0 Å². The number of nitrogens with zero attached hydrogens (tertiary/aromatic N) is 1. The molecule has 1 aliphatic rings. The Morgan fingerprint density at radius 2 is 2.28 bits per heavy atom. The number of nitrogens with one attached hydrogen (secondary N) is 1. The van der Waals surface area contributed by atoms with Crippen molar-refractivity contribution in [3.8, 4) is 0 Å². The molecule has 1 aromatic heterocycles. The molecule has 1 aromatic rings. The second-order valence-corrected chi connectivity index (χ2v) is 5.08. The molecular weight excluding hydrogens is 228 g/mol. The number of esters is 1. The molecule has 2 rings (SSSR count). The van der Waals surface area contributed by atoms with Crippen LogP contribution in [0.4, 0.5) is 5.82 Å². The molecule has 0 saturated heterocycles. The monoisotopic (exact) mass is 248 g/mol. The van der Waals surface area contributed by atoms with Gasteiger partial charge in [-0.25, -0.2) is 9.78 Å². The van der Waals surface area contributed by atoms with E-state index in [4.69, 9.17) is 4.74 Å². The van der Waals surface area contributed by atoms with Crippen LogP contribution in [0.2, 0.25) is 0 Å². The summed E-state index contributed by atoms with van der Waals surface area (Å²) in [5.74, 6) is 1.16. The minimum Gasteiger partial charge on any atom is -0.461 e. The van der Waals surface area contributed by atoms with Gasteiger partial charge in [-0.1, -0.05) is 18.9 Å². The summed E-state index contributed by atoms with van der Waals surface area (Å²) >= 11 is 0. The van der Waals surface area contributed by atoms with Gasteiger partial charge < -0.3 is 10.1 Å². The van der Waals surface area contributed by atoms with Crippen molar-refractivity contribution in [1.82, 2.24) is 4.98 Å². The van der Waals surface area contributed by atoms with Crippen molar-refractivity contribution < 1.29 is 9.53 Å². The number of hydrogen-bond donors (Lipinski definition) is 1. The Balaban J connectivity index is 1.87. The Morgan fingerprint density at radius 3 is 2.94 bits per heavy atom. The fourth-order valence-electron chi connectivity index (χ4n) is 1.72. The third-order valence-electron chi connectivity index (χ3n) is 2.85. The van der Waals surface area contributed by atoms with Crippen molar-refractivity contribution in [1.29, 1.82) is 0 Å². The Bertz CT molecular complexity index is 414. The van der Waals surface area contributed by atoms with E-state index in [1.165, 1.54) is 12.8 Å². The SMILES string of the molecule is CC(C)Nc1cccc(C(=O)OCCC2CC2)n1. The molecule has 0 spiro atoms. The number of aromatic nitrogens is 1. The summed E-state index contributed by atoms with van der Waals surface area (Å²) < 4.78 is 5.21. The normalized spacial score (nSPS) is 14.6. The van der Waals surface area contributed by atoms with E-state index in [9.17, 15) is 4.79 Å². The summed E-state index contributed by atoms with van der Waals surface area (Å²) in [6.45, 7) is 4.57. The van der Waals surface area contributed by atoms with E-state index in [0.29, 0.717) is 24.2 Å². The van der Waals surface area contributed by atoms with Crippen molar-refractivity contribution in [3.05, 3.63) is 23.9 Å². The Labute approximate surface area is 108 Å². The van der Waals surface area contributed by atoms with Crippen molar-refractivity contribution in [2.24, 2.45) is 5.92 Å². The average Bonchev–Trinajstić information content (AvgIpc) is 3.12. The highest BCUT2D eigenvalue weighted by Crippen LogP contribution is 2.32. The predicted molar refractivity (Wildman–Crippen MR) is 70.6 cm³/mol. The van der Waals surface area contributed by atoms with Crippen LogP contribution in [0.15, 0.2) is 18.2 Å². The molecule has 1 saturated carbocycles. The molecule has 0 bridgehead atoms. The summed E-state index contributed by atoms with van der Waals surface area (Å²) in [5.41, 5.74) is 0.372. The predicted octanol–water partition coefficient (Wildman–Crippen LogP) is 2.86. The van der Waals surface area contributed by atoms with Crippen LogP contribution in [-0.4, -0.2) is 23.6 Å². The number of anilines is 1. The quantitative estimate of drug-likeness (QED) is 0.786. The van der Waals surface area contributed by atoms with E-state index in [1.54, 1.807) is 6.07 Å². The molecule has 98 valence electrons.